The van der Waals surface area contributed by atoms with E-state index in [0.29, 0.717) is 28.4 Å². The SMILES string of the molecule is COc1ccc(C(=O)c2ccc(CCc3cc(OC)c(OC)c(OC)c3)cc2)cc1. The fourth-order valence-electron chi connectivity index (χ4n) is 3.30. The van der Waals surface area contributed by atoms with E-state index in [-0.39, 0.29) is 5.78 Å². The van der Waals surface area contributed by atoms with Crippen LogP contribution in [0.4, 0.5) is 0 Å². The smallest absolute Gasteiger partial charge is 0.203 e. The average Bonchev–Trinajstić information content (AvgIpc) is 2.81. The molecule has 0 unspecified atom stereocenters. The molecule has 3 aromatic rings. The van der Waals surface area contributed by atoms with Crippen LogP contribution in [-0.4, -0.2) is 34.2 Å². The van der Waals surface area contributed by atoms with Gasteiger partial charge in [0.15, 0.2) is 17.3 Å². The van der Waals surface area contributed by atoms with Crippen LogP contribution in [-0.2, 0) is 12.8 Å². The summed E-state index contributed by atoms with van der Waals surface area (Å²) in [4.78, 5) is 12.7. The molecule has 0 bridgehead atoms. The Kier molecular flexibility index (Phi) is 6.96. The summed E-state index contributed by atoms with van der Waals surface area (Å²) >= 11 is 0. The van der Waals surface area contributed by atoms with E-state index in [9.17, 15) is 4.79 Å². The monoisotopic (exact) mass is 406 g/mol. The molecule has 0 heterocycles. The van der Waals surface area contributed by atoms with Gasteiger partial charge >= 0.3 is 0 Å². The number of ketones is 1. The Morgan fingerprint density at radius 3 is 1.60 bits per heavy atom. The van der Waals surface area contributed by atoms with Crippen molar-refractivity contribution < 1.29 is 23.7 Å². The van der Waals surface area contributed by atoms with E-state index < -0.39 is 0 Å². The van der Waals surface area contributed by atoms with Crippen LogP contribution in [0, 0.1) is 0 Å². The van der Waals surface area contributed by atoms with E-state index in [0.717, 1.165) is 29.7 Å². The molecule has 0 radical (unpaired) electrons. The predicted octanol–water partition coefficient (Wildman–Crippen LogP) is 4.74. The number of carbonyl (C=O) groups is 1. The first-order valence-electron chi connectivity index (χ1n) is 9.66. The first-order valence-corrected chi connectivity index (χ1v) is 9.66. The Bertz CT molecular complexity index is 966. The van der Waals surface area contributed by atoms with Gasteiger partial charge in [0.05, 0.1) is 28.4 Å². The van der Waals surface area contributed by atoms with E-state index in [4.69, 9.17) is 18.9 Å². The van der Waals surface area contributed by atoms with Crippen molar-refractivity contribution in [1.29, 1.82) is 0 Å². The van der Waals surface area contributed by atoms with Crippen molar-refractivity contribution >= 4 is 5.78 Å². The van der Waals surface area contributed by atoms with Crippen LogP contribution < -0.4 is 18.9 Å². The molecule has 0 aliphatic rings. The molecule has 5 nitrogen and oxygen atoms in total. The molecular weight excluding hydrogens is 380 g/mol. The van der Waals surface area contributed by atoms with Crippen molar-refractivity contribution in [2.24, 2.45) is 0 Å². The minimum atomic E-state index is -0.00571. The topological polar surface area (TPSA) is 54.0 Å². The highest BCUT2D eigenvalue weighted by molar-refractivity contribution is 6.09. The molecule has 0 atom stereocenters. The quantitative estimate of drug-likeness (QED) is 0.481. The van der Waals surface area contributed by atoms with Gasteiger partial charge in [0, 0.05) is 11.1 Å². The molecule has 3 rings (SSSR count). The highest BCUT2D eigenvalue weighted by Gasteiger charge is 2.13. The predicted molar refractivity (Wildman–Crippen MR) is 116 cm³/mol. The van der Waals surface area contributed by atoms with Crippen LogP contribution in [0.5, 0.6) is 23.0 Å². The lowest BCUT2D eigenvalue weighted by Crippen LogP contribution is -2.02. The summed E-state index contributed by atoms with van der Waals surface area (Å²) in [7, 11) is 6.42. The summed E-state index contributed by atoms with van der Waals surface area (Å²) in [5, 5.41) is 0. The Morgan fingerprint density at radius 1 is 0.633 bits per heavy atom. The minimum absolute atomic E-state index is 0.00571. The van der Waals surface area contributed by atoms with Crippen LogP contribution in [0.15, 0.2) is 60.7 Å². The van der Waals surface area contributed by atoms with Crippen LogP contribution >= 0.6 is 0 Å². The van der Waals surface area contributed by atoms with E-state index >= 15 is 0 Å². The maximum Gasteiger partial charge on any atom is 0.203 e. The molecular formula is C25H26O5. The largest absolute Gasteiger partial charge is 0.497 e. The molecule has 0 N–H and O–H groups in total. The average molecular weight is 406 g/mol. The summed E-state index contributed by atoms with van der Waals surface area (Å²) in [5.41, 5.74) is 3.54. The highest BCUT2D eigenvalue weighted by Crippen LogP contribution is 2.38. The van der Waals surface area contributed by atoms with Crippen molar-refractivity contribution in [3.05, 3.63) is 82.9 Å². The summed E-state index contributed by atoms with van der Waals surface area (Å²) < 4.78 is 21.4. The maximum atomic E-state index is 12.7. The Balaban J connectivity index is 1.69. The van der Waals surface area contributed by atoms with Gasteiger partial charge < -0.3 is 18.9 Å². The number of methoxy groups -OCH3 is 4. The van der Waals surface area contributed by atoms with Crippen molar-refractivity contribution in [3.63, 3.8) is 0 Å². The zero-order valence-electron chi connectivity index (χ0n) is 17.7. The number of benzene rings is 3. The van der Waals surface area contributed by atoms with Gasteiger partial charge in [-0.05, 0) is 60.4 Å². The zero-order chi connectivity index (χ0) is 21.5. The molecule has 0 saturated carbocycles. The van der Waals surface area contributed by atoms with E-state index in [2.05, 4.69) is 0 Å². The van der Waals surface area contributed by atoms with Gasteiger partial charge in [-0.15, -0.1) is 0 Å². The Morgan fingerprint density at radius 2 is 1.13 bits per heavy atom. The number of carbonyl (C=O) groups excluding carboxylic acids is 1. The number of rotatable bonds is 9. The van der Waals surface area contributed by atoms with Crippen LogP contribution in [0.3, 0.4) is 0 Å². The van der Waals surface area contributed by atoms with Gasteiger partial charge in [-0.2, -0.15) is 0 Å². The second-order valence-electron chi connectivity index (χ2n) is 6.79. The summed E-state index contributed by atoms with van der Waals surface area (Å²) in [6, 6.07) is 18.8. The summed E-state index contributed by atoms with van der Waals surface area (Å²) in [6.45, 7) is 0. The first kappa shape index (κ1) is 21.2. The summed E-state index contributed by atoms with van der Waals surface area (Å²) in [5.74, 6) is 2.60. The molecule has 0 saturated heterocycles. The number of ether oxygens (including phenoxy) is 4. The summed E-state index contributed by atoms with van der Waals surface area (Å²) in [6.07, 6.45) is 1.64. The van der Waals surface area contributed by atoms with E-state index in [1.807, 2.05) is 36.4 Å². The lowest BCUT2D eigenvalue weighted by atomic mass is 9.99. The third kappa shape index (κ3) is 4.74. The van der Waals surface area contributed by atoms with Gasteiger partial charge in [0.1, 0.15) is 5.75 Å². The molecule has 30 heavy (non-hydrogen) atoms. The zero-order valence-corrected chi connectivity index (χ0v) is 17.7. The molecule has 0 aliphatic heterocycles. The van der Waals surface area contributed by atoms with Gasteiger partial charge in [-0.1, -0.05) is 24.3 Å². The van der Waals surface area contributed by atoms with Crippen LogP contribution in [0.1, 0.15) is 27.0 Å². The Labute approximate surface area is 177 Å². The van der Waals surface area contributed by atoms with Crippen molar-refractivity contribution in [1.82, 2.24) is 0 Å². The second kappa shape index (κ2) is 9.83. The fraction of sp³-hybridized carbons (Fsp3) is 0.240. The molecule has 0 spiro atoms. The lowest BCUT2D eigenvalue weighted by Gasteiger charge is -2.14. The third-order valence-corrected chi connectivity index (χ3v) is 5.00. The molecule has 3 aromatic carbocycles. The van der Waals surface area contributed by atoms with Gasteiger partial charge in [0.25, 0.3) is 0 Å². The lowest BCUT2D eigenvalue weighted by molar-refractivity contribution is 0.103. The normalized spacial score (nSPS) is 10.4. The fourth-order valence-corrected chi connectivity index (χ4v) is 3.30. The second-order valence-corrected chi connectivity index (χ2v) is 6.79. The molecule has 0 amide bonds. The van der Waals surface area contributed by atoms with Crippen molar-refractivity contribution in [3.8, 4) is 23.0 Å². The molecule has 0 aromatic heterocycles. The maximum absolute atomic E-state index is 12.7. The van der Waals surface area contributed by atoms with Gasteiger partial charge in [-0.3, -0.25) is 4.79 Å². The van der Waals surface area contributed by atoms with Gasteiger partial charge in [0.2, 0.25) is 5.75 Å². The molecule has 0 fully saturated rings. The van der Waals surface area contributed by atoms with E-state index in [1.165, 1.54) is 0 Å². The van der Waals surface area contributed by atoms with Crippen LogP contribution in [0.2, 0.25) is 0 Å². The number of aryl methyl sites for hydroxylation is 2. The molecule has 156 valence electrons. The van der Waals surface area contributed by atoms with E-state index in [1.54, 1.807) is 52.7 Å². The van der Waals surface area contributed by atoms with Gasteiger partial charge in [-0.25, -0.2) is 0 Å². The van der Waals surface area contributed by atoms with Crippen molar-refractivity contribution in [2.45, 2.75) is 12.8 Å². The third-order valence-electron chi connectivity index (χ3n) is 5.00. The first-order chi connectivity index (χ1) is 14.6. The highest BCUT2D eigenvalue weighted by atomic mass is 16.5. The molecule has 5 heteroatoms. The van der Waals surface area contributed by atoms with Crippen LogP contribution in [0.25, 0.3) is 0 Å². The number of hydrogen-bond donors (Lipinski definition) is 0. The standard InChI is InChI=1S/C25H26O5/c1-27-21-13-11-20(12-14-21)24(26)19-9-7-17(8-10-19)5-6-18-15-22(28-2)25(30-4)23(16-18)29-3/h7-16H,5-6H2,1-4H3. The Hall–Kier alpha value is -3.47. The van der Waals surface area contributed by atoms with Crippen molar-refractivity contribution in [2.75, 3.05) is 28.4 Å². The minimum Gasteiger partial charge on any atom is -0.497 e. The molecule has 0 aliphatic carbocycles. The number of hydrogen-bond acceptors (Lipinski definition) is 5.